The number of imide groups is 1. The Morgan fingerprint density at radius 1 is 1.18 bits per heavy atom. The SMILES string of the molecule is COCCCNC(=O)Cn1cc(/C=C2\SC(=O)N(c3cccc(Cl)c3)C2=O)c2ccccc21. The maximum Gasteiger partial charge on any atom is 0.298 e. The number of rotatable bonds is 8. The Labute approximate surface area is 200 Å². The van der Waals surface area contributed by atoms with Crippen molar-refractivity contribution in [1.82, 2.24) is 9.88 Å². The van der Waals surface area contributed by atoms with E-state index in [1.807, 2.05) is 35.0 Å². The van der Waals surface area contributed by atoms with Crippen molar-refractivity contribution in [3.63, 3.8) is 0 Å². The summed E-state index contributed by atoms with van der Waals surface area (Å²) < 4.78 is 6.84. The Bertz CT molecular complexity index is 1250. The Kier molecular flexibility index (Phi) is 7.17. The van der Waals surface area contributed by atoms with E-state index in [-0.39, 0.29) is 17.7 Å². The average Bonchev–Trinajstić information content (AvgIpc) is 3.28. The second kappa shape index (κ2) is 10.2. The fraction of sp³-hybridized carbons (Fsp3) is 0.208. The van der Waals surface area contributed by atoms with Crippen molar-refractivity contribution in [2.75, 3.05) is 25.2 Å². The van der Waals surface area contributed by atoms with Gasteiger partial charge in [0, 0.05) is 47.9 Å². The monoisotopic (exact) mass is 483 g/mol. The van der Waals surface area contributed by atoms with Crippen LogP contribution in [0, 0.1) is 0 Å². The van der Waals surface area contributed by atoms with E-state index in [9.17, 15) is 14.4 Å². The van der Waals surface area contributed by atoms with Gasteiger partial charge in [-0.2, -0.15) is 0 Å². The van der Waals surface area contributed by atoms with Gasteiger partial charge in [-0.1, -0.05) is 35.9 Å². The van der Waals surface area contributed by atoms with Crippen molar-refractivity contribution in [2.45, 2.75) is 13.0 Å². The summed E-state index contributed by atoms with van der Waals surface area (Å²) in [6, 6.07) is 14.3. The smallest absolute Gasteiger partial charge is 0.298 e. The van der Waals surface area contributed by atoms with Gasteiger partial charge in [-0.25, -0.2) is 4.90 Å². The maximum atomic E-state index is 13.0. The van der Waals surface area contributed by atoms with Gasteiger partial charge in [0.25, 0.3) is 11.1 Å². The third-order valence-electron chi connectivity index (χ3n) is 5.13. The predicted molar refractivity (Wildman–Crippen MR) is 131 cm³/mol. The molecule has 1 aliphatic heterocycles. The fourth-order valence-electron chi connectivity index (χ4n) is 3.62. The zero-order valence-electron chi connectivity index (χ0n) is 17.9. The molecule has 0 radical (unpaired) electrons. The highest BCUT2D eigenvalue weighted by Gasteiger charge is 2.36. The van der Waals surface area contributed by atoms with Crippen LogP contribution in [0.25, 0.3) is 17.0 Å². The van der Waals surface area contributed by atoms with Crippen molar-refractivity contribution in [3.8, 4) is 0 Å². The molecule has 33 heavy (non-hydrogen) atoms. The summed E-state index contributed by atoms with van der Waals surface area (Å²) in [5.41, 5.74) is 2.06. The van der Waals surface area contributed by atoms with E-state index in [1.54, 1.807) is 37.5 Å². The second-order valence-electron chi connectivity index (χ2n) is 7.42. The number of methoxy groups -OCH3 is 1. The highest BCUT2D eigenvalue weighted by molar-refractivity contribution is 8.19. The molecule has 170 valence electrons. The van der Waals surface area contributed by atoms with E-state index < -0.39 is 5.91 Å². The number of aromatic nitrogens is 1. The van der Waals surface area contributed by atoms with Gasteiger partial charge in [0.05, 0.1) is 10.6 Å². The van der Waals surface area contributed by atoms with E-state index in [4.69, 9.17) is 16.3 Å². The molecule has 0 unspecified atom stereocenters. The van der Waals surface area contributed by atoms with Crippen LogP contribution in [-0.4, -0.2) is 41.9 Å². The molecule has 2 aromatic carbocycles. The molecule has 4 rings (SSSR count). The minimum absolute atomic E-state index is 0.111. The number of benzene rings is 2. The van der Waals surface area contributed by atoms with Gasteiger partial charge in [0.15, 0.2) is 0 Å². The normalized spacial score (nSPS) is 15.1. The highest BCUT2D eigenvalue weighted by atomic mass is 35.5. The zero-order chi connectivity index (χ0) is 23.4. The third-order valence-corrected chi connectivity index (χ3v) is 6.23. The van der Waals surface area contributed by atoms with Crippen LogP contribution < -0.4 is 10.2 Å². The Balaban J connectivity index is 1.59. The van der Waals surface area contributed by atoms with E-state index in [0.29, 0.717) is 28.8 Å². The number of ether oxygens (including phenoxy) is 1. The molecule has 7 nitrogen and oxygen atoms in total. The molecule has 3 amide bonds. The van der Waals surface area contributed by atoms with Crippen LogP contribution in [-0.2, 0) is 20.9 Å². The standard InChI is InChI=1S/C24H22ClN3O4S/c1-32-11-5-10-26-22(29)15-27-14-16(19-8-2-3-9-20(19)27)12-21-23(30)28(24(31)33-21)18-7-4-6-17(25)13-18/h2-4,6-9,12-14H,5,10-11,15H2,1H3,(H,26,29)/b21-12-. The Hall–Kier alpha value is -3.07. The third kappa shape index (κ3) is 5.13. The van der Waals surface area contributed by atoms with Crippen LogP contribution in [0.15, 0.2) is 59.6 Å². The van der Waals surface area contributed by atoms with Gasteiger partial charge in [-0.3, -0.25) is 14.4 Å². The Morgan fingerprint density at radius 2 is 2.00 bits per heavy atom. The summed E-state index contributed by atoms with van der Waals surface area (Å²) in [7, 11) is 1.62. The number of para-hydroxylation sites is 1. The summed E-state index contributed by atoms with van der Waals surface area (Å²) in [6.07, 6.45) is 4.26. The second-order valence-corrected chi connectivity index (χ2v) is 8.85. The molecule has 0 atom stereocenters. The summed E-state index contributed by atoms with van der Waals surface area (Å²) in [5, 5.41) is 3.83. The topological polar surface area (TPSA) is 80.6 Å². The fourth-order valence-corrected chi connectivity index (χ4v) is 4.64. The van der Waals surface area contributed by atoms with E-state index in [2.05, 4.69) is 5.32 Å². The highest BCUT2D eigenvalue weighted by Crippen LogP contribution is 2.37. The van der Waals surface area contributed by atoms with Crippen LogP contribution in [0.2, 0.25) is 5.02 Å². The lowest BCUT2D eigenvalue weighted by Gasteiger charge is -2.12. The van der Waals surface area contributed by atoms with E-state index >= 15 is 0 Å². The number of nitrogens with zero attached hydrogens (tertiary/aromatic N) is 2. The lowest BCUT2D eigenvalue weighted by Crippen LogP contribution is -2.28. The van der Waals surface area contributed by atoms with Crippen molar-refractivity contribution < 1.29 is 19.1 Å². The van der Waals surface area contributed by atoms with E-state index in [1.165, 1.54) is 0 Å². The molecular formula is C24H22ClN3O4S. The maximum absolute atomic E-state index is 13.0. The molecule has 0 bridgehead atoms. The van der Waals surface area contributed by atoms with Gasteiger partial charge in [0.2, 0.25) is 5.91 Å². The molecule has 1 fully saturated rings. The van der Waals surface area contributed by atoms with Gasteiger partial charge in [0.1, 0.15) is 6.54 Å². The van der Waals surface area contributed by atoms with Gasteiger partial charge in [-0.15, -0.1) is 0 Å². The summed E-state index contributed by atoms with van der Waals surface area (Å²) in [4.78, 5) is 39.4. The molecule has 1 N–H and O–H groups in total. The first-order valence-corrected chi connectivity index (χ1v) is 11.5. The van der Waals surface area contributed by atoms with Crippen molar-refractivity contribution >= 4 is 63.1 Å². The molecular weight excluding hydrogens is 462 g/mol. The molecule has 3 aromatic rings. The molecule has 9 heteroatoms. The number of carbonyl (C=O) groups excluding carboxylic acids is 3. The minimum Gasteiger partial charge on any atom is -0.385 e. The van der Waals surface area contributed by atoms with Gasteiger partial charge in [-0.05, 0) is 48.5 Å². The van der Waals surface area contributed by atoms with Crippen LogP contribution in [0.5, 0.6) is 0 Å². The summed E-state index contributed by atoms with van der Waals surface area (Å²) in [6.45, 7) is 1.27. The molecule has 0 saturated carbocycles. The lowest BCUT2D eigenvalue weighted by atomic mass is 10.1. The van der Waals surface area contributed by atoms with Crippen LogP contribution in [0.4, 0.5) is 10.5 Å². The lowest BCUT2D eigenvalue weighted by molar-refractivity contribution is -0.121. The molecule has 2 heterocycles. The molecule has 0 spiro atoms. The number of fused-ring (bicyclic) bond motifs is 1. The van der Waals surface area contributed by atoms with Crippen LogP contribution in [0.3, 0.4) is 0 Å². The van der Waals surface area contributed by atoms with Crippen LogP contribution >= 0.6 is 23.4 Å². The quantitative estimate of drug-likeness (QED) is 0.371. The number of hydrogen-bond donors (Lipinski definition) is 1. The summed E-state index contributed by atoms with van der Waals surface area (Å²) in [5.74, 6) is -0.514. The van der Waals surface area contributed by atoms with Crippen molar-refractivity contribution in [2.24, 2.45) is 0 Å². The predicted octanol–water partition coefficient (Wildman–Crippen LogP) is 4.69. The average molecular weight is 484 g/mol. The van der Waals surface area contributed by atoms with E-state index in [0.717, 1.165) is 39.5 Å². The van der Waals surface area contributed by atoms with Crippen molar-refractivity contribution in [1.29, 1.82) is 0 Å². The largest absolute Gasteiger partial charge is 0.385 e. The molecule has 0 aliphatic carbocycles. The number of halogens is 1. The van der Waals surface area contributed by atoms with Crippen molar-refractivity contribution in [3.05, 3.63) is 70.2 Å². The number of nitrogens with one attached hydrogen (secondary N) is 1. The molecule has 1 aromatic heterocycles. The number of hydrogen-bond acceptors (Lipinski definition) is 5. The minimum atomic E-state index is -0.403. The number of anilines is 1. The van der Waals surface area contributed by atoms with Crippen LogP contribution in [0.1, 0.15) is 12.0 Å². The van der Waals surface area contributed by atoms with Gasteiger partial charge >= 0.3 is 0 Å². The Morgan fingerprint density at radius 3 is 2.79 bits per heavy atom. The first-order chi connectivity index (χ1) is 16.0. The number of thioether (sulfide) groups is 1. The first kappa shape index (κ1) is 23.1. The summed E-state index contributed by atoms with van der Waals surface area (Å²) >= 11 is 6.91. The number of amides is 3. The first-order valence-electron chi connectivity index (χ1n) is 10.3. The molecule has 1 aliphatic rings. The van der Waals surface area contributed by atoms with Gasteiger partial charge < -0.3 is 14.6 Å². The number of carbonyl (C=O) groups is 3. The zero-order valence-corrected chi connectivity index (χ0v) is 19.5. The molecule has 1 saturated heterocycles.